The van der Waals surface area contributed by atoms with Gasteiger partial charge in [0.1, 0.15) is 0 Å². The van der Waals surface area contributed by atoms with Gasteiger partial charge in [0, 0.05) is 25.5 Å². The summed E-state index contributed by atoms with van der Waals surface area (Å²) >= 11 is 0. The van der Waals surface area contributed by atoms with Gasteiger partial charge in [-0.25, -0.2) is 0 Å². The highest BCUT2D eigenvalue weighted by Crippen LogP contribution is 2.17. The smallest absolute Gasteiger partial charge is 0.241 e. The molecule has 0 amide bonds. The van der Waals surface area contributed by atoms with E-state index in [1.165, 1.54) is 0 Å². The van der Waals surface area contributed by atoms with Crippen LogP contribution in [0.3, 0.4) is 0 Å². The molecule has 4 heterocycles. The molecule has 1 atom stereocenters. The molecule has 0 unspecified atom stereocenters. The third-order valence-corrected chi connectivity index (χ3v) is 3.74. The van der Waals surface area contributed by atoms with Crippen LogP contribution in [0.5, 0.6) is 0 Å². The van der Waals surface area contributed by atoms with Crippen LogP contribution in [0.2, 0.25) is 0 Å². The van der Waals surface area contributed by atoms with Crippen LogP contribution in [0.1, 0.15) is 5.89 Å². The molecule has 8 heteroatoms. The van der Waals surface area contributed by atoms with Gasteiger partial charge in [0.15, 0.2) is 5.76 Å². The van der Waals surface area contributed by atoms with Crippen LogP contribution in [0, 0.1) is 0 Å². The van der Waals surface area contributed by atoms with Gasteiger partial charge in [0.05, 0.1) is 32.1 Å². The van der Waals surface area contributed by atoms with Crippen LogP contribution in [0.15, 0.2) is 45.8 Å². The lowest BCUT2D eigenvalue weighted by Gasteiger charge is -2.31. The first kappa shape index (κ1) is 14.2. The third-order valence-electron chi connectivity index (χ3n) is 3.74. The van der Waals surface area contributed by atoms with E-state index in [1.54, 1.807) is 18.5 Å². The largest absolute Gasteiger partial charge is 0.461 e. The average Bonchev–Trinajstić information content (AvgIpc) is 3.30. The van der Waals surface area contributed by atoms with Crippen LogP contribution in [0.25, 0.3) is 11.6 Å². The van der Waals surface area contributed by atoms with Crippen molar-refractivity contribution in [1.82, 2.24) is 24.8 Å². The number of rotatable bonds is 5. The molecule has 23 heavy (non-hydrogen) atoms. The quantitative estimate of drug-likeness (QED) is 0.704. The Morgan fingerprint density at radius 1 is 1.30 bits per heavy atom. The fraction of sp³-hybridized carbons (Fsp3) is 0.400. The second kappa shape index (κ2) is 6.35. The van der Waals surface area contributed by atoms with E-state index in [-0.39, 0.29) is 6.10 Å². The molecular weight excluding hydrogens is 298 g/mol. The van der Waals surface area contributed by atoms with Crippen molar-refractivity contribution in [1.29, 1.82) is 0 Å². The highest BCUT2D eigenvalue weighted by molar-refractivity contribution is 5.44. The van der Waals surface area contributed by atoms with Crippen molar-refractivity contribution >= 4 is 0 Å². The highest BCUT2D eigenvalue weighted by Gasteiger charge is 2.23. The maximum atomic E-state index is 5.80. The van der Waals surface area contributed by atoms with Gasteiger partial charge >= 0.3 is 0 Å². The van der Waals surface area contributed by atoms with Crippen LogP contribution < -0.4 is 0 Å². The van der Waals surface area contributed by atoms with Crippen LogP contribution in [0.4, 0.5) is 0 Å². The number of aromatic nitrogens is 4. The Labute approximate surface area is 132 Å². The summed E-state index contributed by atoms with van der Waals surface area (Å²) in [5.41, 5.74) is 0. The Bertz CT molecular complexity index is 722. The van der Waals surface area contributed by atoms with Crippen molar-refractivity contribution in [3.05, 3.63) is 42.7 Å². The van der Waals surface area contributed by atoms with Gasteiger partial charge in [-0.3, -0.25) is 9.58 Å². The fourth-order valence-corrected chi connectivity index (χ4v) is 2.67. The lowest BCUT2D eigenvalue weighted by Crippen LogP contribution is -2.43. The fourth-order valence-electron chi connectivity index (χ4n) is 2.67. The second-order valence-corrected chi connectivity index (χ2v) is 5.45. The molecule has 1 saturated heterocycles. The molecule has 1 aliphatic rings. The van der Waals surface area contributed by atoms with E-state index in [0.717, 1.165) is 19.6 Å². The van der Waals surface area contributed by atoms with E-state index < -0.39 is 0 Å². The van der Waals surface area contributed by atoms with Crippen molar-refractivity contribution < 1.29 is 13.7 Å². The van der Waals surface area contributed by atoms with Crippen molar-refractivity contribution in [2.24, 2.45) is 0 Å². The molecule has 0 bridgehead atoms. The zero-order chi connectivity index (χ0) is 15.5. The minimum absolute atomic E-state index is 0.108. The first-order valence-electron chi connectivity index (χ1n) is 7.55. The second-order valence-electron chi connectivity index (χ2n) is 5.45. The van der Waals surface area contributed by atoms with Gasteiger partial charge in [-0.15, -0.1) is 0 Å². The predicted octanol–water partition coefficient (Wildman–Crippen LogP) is 1.43. The molecule has 3 aromatic heterocycles. The molecule has 0 aliphatic carbocycles. The van der Waals surface area contributed by atoms with Crippen LogP contribution >= 0.6 is 0 Å². The molecule has 3 aromatic rings. The summed E-state index contributed by atoms with van der Waals surface area (Å²) in [6, 6.07) is 5.52. The number of nitrogens with zero attached hydrogens (tertiary/aromatic N) is 5. The topological polar surface area (TPSA) is 82.4 Å². The van der Waals surface area contributed by atoms with Crippen molar-refractivity contribution in [2.45, 2.75) is 19.2 Å². The van der Waals surface area contributed by atoms with E-state index in [0.29, 0.717) is 30.6 Å². The zero-order valence-electron chi connectivity index (χ0n) is 12.5. The number of hydrogen-bond donors (Lipinski definition) is 0. The van der Waals surface area contributed by atoms with Crippen molar-refractivity contribution in [3.63, 3.8) is 0 Å². The highest BCUT2D eigenvalue weighted by atomic mass is 16.5. The number of furan rings is 1. The molecule has 0 spiro atoms. The van der Waals surface area contributed by atoms with Crippen LogP contribution in [-0.2, 0) is 17.8 Å². The standard InChI is InChI=1S/C15H17N5O3/c1-3-13(22-7-1)15-17-14(23-18-15)11-19-6-8-21-12(9-19)10-20-5-2-4-16-20/h1-5,7,12H,6,8-11H2/t12-/m0/s1. The summed E-state index contributed by atoms with van der Waals surface area (Å²) in [6.45, 7) is 3.68. The molecule has 120 valence electrons. The molecule has 1 fully saturated rings. The Hall–Kier alpha value is -2.45. The molecule has 0 radical (unpaired) electrons. The van der Waals surface area contributed by atoms with E-state index in [4.69, 9.17) is 13.7 Å². The van der Waals surface area contributed by atoms with Gasteiger partial charge in [-0.2, -0.15) is 10.1 Å². The maximum Gasteiger partial charge on any atom is 0.241 e. The molecule has 0 saturated carbocycles. The maximum absolute atomic E-state index is 5.80. The average molecular weight is 315 g/mol. The molecular formula is C15H17N5O3. The Kier molecular flexibility index (Phi) is 3.91. The molecule has 0 aromatic carbocycles. The third kappa shape index (κ3) is 3.33. The van der Waals surface area contributed by atoms with Gasteiger partial charge in [0.2, 0.25) is 11.7 Å². The molecule has 4 rings (SSSR count). The molecule has 0 N–H and O–H groups in total. The Balaban J connectivity index is 1.37. The lowest BCUT2D eigenvalue weighted by atomic mass is 10.2. The van der Waals surface area contributed by atoms with Crippen molar-refractivity contribution in [3.8, 4) is 11.6 Å². The van der Waals surface area contributed by atoms with E-state index in [2.05, 4.69) is 20.1 Å². The van der Waals surface area contributed by atoms with Gasteiger partial charge in [-0.05, 0) is 18.2 Å². The Morgan fingerprint density at radius 2 is 2.30 bits per heavy atom. The number of hydrogen-bond acceptors (Lipinski definition) is 7. The van der Waals surface area contributed by atoms with E-state index in [9.17, 15) is 0 Å². The Morgan fingerprint density at radius 3 is 3.13 bits per heavy atom. The van der Waals surface area contributed by atoms with Crippen molar-refractivity contribution in [2.75, 3.05) is 19.7 Å². The predicted molar refractivity (Wildman–Crippen MR) is 79.2 cm³/mol. The van der Waals surface area contributed by atoms with Gasteiger partial charge in [0.25, 0.3) is 0 Å². The summed E-state index contributed by atoms with van der Waals surface area (Å²) in [5.74, 6) is 1.67. The number of morpholine rings is 1. The first-order chi connectivity index (χ1) is 11.4. The minimum Gasteiger partial charge on any atom is -0.461 e. The van der Waals surface area contributed by atoms with E-state index >= 15 is 0 Å². The van der Waals surface area contributed by atoms with E-state index in [1.807, 2.05) is 23.0 Å². The lowest BCUT2D eigenvalue weighted by molar-refractivity contribution is -0.0426. The zero-order valence-corrected chi connectivity index (χ0v) is 12.5. The first-order valence-corrected chi connectivity index (χ1v) is 7.55. The summed E-state index contributed by atoms with van der Waals surface area (Å²) in [5, 5.41) is 8.17. The molecule has 8 nitrogen and oxygen atoms in total. The molecule has 1 aliphatic heterocycles. The number of ether oxygens (including phenoxy) is 1. The summed E-state index contributed by atoms with van der Waals surface area (Å²) < 4.78 is 18.3. The SMILES string of the molecule is c1coc(-c2noc(CN3CCO[C@H](Cn4cccn4)C3)n2)c1. The normalized spacial score (nSPS) is 19.2. The minimum atomic E-state index is 0.108. The van der Waals surface area contributed by atoms with Gasteiger partial charge < -0.3 is 13.7 Å². The monoisotopic (exact) mass is 315 g/mol. The van der Waals surface area contributed by atoms with Crippen LogP contribution in [-0.4, -0.2) is 50.6 Å². The summed E-state index contributed by atoms with van der Waals surface area (Å²) in [7, 11) is 0. The summed E-state index contributed by atoms with van der Waals surface area (Å²) in [4.78, 5) is 6.62. The summed E-state index contributed by atoms with van der Waals surface area (Å²) in [6.07, 6.45) is 5.41. The van der Waals surface area contributed by atoms with Gasteiger partial charge in [-0.1, -0.05) is 5.16 Å².